The van der Waals surface area contributed by atoms with Crippen LogP contribution in [0.4, 0.5) is 11.5 Å². The first-order valence-corrected chi connectivity index (χ1v) is 7.91. The number of rotatable bonds is 5. The van der Waals surface area contributed by atoms with Gasteiger partial charge < -0.3 is 9.84 Å². The normalized spacial score (nSPS) is 11.3. The molecular weight excluding hydrogens is 320 g/mol. The number of azo groups is 1. The quantitative estimate of drug-likeness (QED) is 0.565. The van der Waals surface area contributed by atoms with Crippen LogP contribution in [0.15, 0.2) is 52.8 Å². The maximum atomic E-state index is 11.8. The molecule has 7 nitrogen and oxygen atoms in total. The second kappa shape index (κ2) is 7.12. The first kappa shape index (κ1) is 16.6. The van der Waals surface area contributed by atoms with Gasteiger partial charge in [-0.25, -0.2) is 4.98 Å². The summed E-state index contributed by atoms with van der Waals surface area (Å²) in [6.45, 7) is 3.96. The minimum absolute atomic E-state index is 0.00364. The van der Waals surface area contributed by atoms with Gasteiger partial charge in [-0.3, -0.25) is 9.20 Å². The molecular formula is C18H18N4O3. The van der Waals surface area contributed by atoms with Crippen molar-refractivity contribution in [3.63, 3.8) is 0 Å². The number of imidazole rings is 1. The van der Waals surface area contributed by atoms with Crippen molar-refractivity contribution < 1.29 is 14.6 Å². The van der Waals surface area contributed by atoms with Crippen molar-refractivity contribution in [3.8, 4) is 5.75 Å². The van der Waals surface area contributed by atoms with E-state index < -0.39 is 0 Å². The third kappa shape index (κ3) is 3.65. The van der Waals surface area contributed by atoms with Crippen molar-refractivity contribution in [2.75, 3.05) is 6.61 Å². The van der Waals surface area contributed by atoms with E-state index in [0.29, 0.717) is 29.5 Å². The number of esters is 1. The Hall–Kier alpha value is -3.22. The number of hydrogen-bond acceptors (Lipinski definition) is 6. The van der Waals surface area contributed by atoms with Crippen molar-refractivity contribution in [1.29, 1.82) is 0 Å². The highest BCUT2D eigenvalue weighted by Crippen LogP contribution is 2.30. The molecule has 1 aromatic carbocycles. The van der Waals surface area contributed by atoms with Crippen molar-refractivity contribution in [1.82, 2.24) is 9.38 Å². The molecule has 0 radical (unpaired) electrons. The minimum atomic E-state index is -0.374. The SMILES string of the molecule is CCOC(=O)Cc1nc2ccccn2c1N=Nc1cc(C)ccc1O. The Labute approximate surface area is 144 Å². The number of aromatic hydroxyl groups is 1. The van der Waals surface area contributed by atoms with Crippen LogP contribution in [0.1, 0.15) is 18.2 Å². The number of fused-ring (bicyclic) bond motifs is 1. The summed E-state index contributed by atoms with van der Waals surface area (Å²) >= 11 is 0. The molecule has 0 amide bonds. The summed E-state index contributed by atoms with van der Waals surface area (Å²) < 4.78 is 6.73. The molecule has 3 rings (SSSR count). The highest BCUT2D eigenvalue weighted by Gasteiger charge is 2.16. The average molecular weight is 338 g/mol. The van der Waals surface area contributed by atoms with Gasteiger partial charge in [-0.15, -0.1) is 10.2 Å². The van der Waals surface area contributed by atoms with Crippen LogP contribution in [0.5, 0.6) is 5.75 Å². The number of nitrogens with zero attached hydrogens (tertiary/aromatic N) is 4. The molecule has 0 unspecified atom stereocenters. The van der Waals surface area contributed by atoms with Gasteiger partial charge in [-0.05, 0) is 43.7 Å². The molecule has 0 bridgehead atoms. The van der Waals surface area contributed by atoms with E-state index in [2.05, 4.69) is 15.2 Å². The van der Waals surface area contributed by atoms with Crippen molar-refractivity contribution in [2.24, 2.45) is 10.2 Å². The summed E-state index contributed by atoms with van der Waals surface area (Å²) in [5, 5.41) is 18.3. The number of pyridine rings is 1. The Kier molecular flexibility index (Phi) is 4.74. The van der Waals surface area contributed by atoms with E-state index in [-0.39, 0.29) is 18.1 Å². The van der Waals surface area contributed by atoms with E-state index in [4.69, 9.17) is 4.74 Å². The van der Waals surface area contributed by atoms with Gasteiger partial charge in [0, 0.05) is 6.20 Å². The summed E-state index contributed by atoms with van der Waals surface area (Å²) in [6, 6.07) is 10.6. The number of benzene rings is 1. The maximum Gasteiger partial charge on any atom is 0.312 e. The zero-order chi connectivity index (χ0) is 17.8. The topological polar surface area (TPSA) is 88.5 Å². The number of hydrogen-bond donors (Lipinski definition) is 1. The molecule has 128 valence electrons. The number of aromatic nitrogens is 2. The van der Waals surface area contributed by atoms with Crippen molar-refractivity contribution >= 4 is 23.1 Å². The fourth-order valence-corrected chi connectivity index (χ4v) is 2.42. The van der Waals surface area contributed by atoms with Gasteiger partial charge in [-0.1, -0.05) is 12.1 Å². The molecule has 0 saturated heterocycles. The molecule has 7 heteroatoms. The second-order valence-electron chi connectivity index (χ2n) is 5.48. The lowest BCUT2D eigenvalue weighted by molar-refractivity contribution is -0.142. The molecule has 2 heterocycles. The van der Waals surface area contributed by atoms with Crippen LogP contribution in [0.25, 0.3) is 5.65 Å². The molecule has 0 aliphatic rings. The van der Waals surface area contributed by atoms with E-state index in [1.807, 2.05) is 25.1 Å². The summed E-state index contributed by atoms with van der Waals surface area (Å²) in [5.41, 5.74) is 2.44. The van der Waals surface area contributed by atoms with E-state index in [0.717, 1.165) is 5.56 Å². The van der Waals surface area contributed by atoms with Crippen LogP contribution in [-0.4, -0.2) is 27.1 Å². The molecule has 0 atom stereocenters. The zero-order valence-electron chi connectivity index (χ0n) is 14.0. The van der Waals surface area contributed by atoms with Crippen LogP contribution >= 0.6 is 0 Å². The first-order valence-electron chi connectivity index (χ1n) is 7.91. The van der Waals surface area contributed by atoms with Crippen molar-refractivity contribution in [3.05, 3.63) is 53.9 Å². The molecule has 0 saturated carbocycles. The number of phenols is 1. The Morgan fingerprint density at radius 3 is 2.92 bits per heavy atom. The third-order valence-electron chi connectivity index (χ3n) is 3.57. The Balaban J connectivity index is 2.02. The van der Waals surface area contributed by atoms with E-state index >= 15 is 0 Å². The van der Waals surface area contributed by atoms with Crippen LogP contribution in [-0.2, 0) is 16.0 Å². The molecule has 0 fully saturated rings. The smallest absolute Gasteiger partial charge is 0.312 e. The molecule has 25 heavy (non-hydrogen) atoms. The largest absolute Gasteiger partial charge is 0.506 e. The predicted molar refractivity (Wildman–Crippen MR) is 92.5 cm³/mol. The minimum Gasteiger partial charge on any atom is -0.506 e. The van der Waals surface area contributed by atoms with E-state index in [1.165, 1.54) is 0 Å². The first-order chi connectivity index (χ1) is 12.1. The Morgan fingerprint density at radius 2 is 2.12 bits per heavy atom. The van der Waals surface area contributed by atoms with Gasteiger partial charge in [0.15, 0.2) is 5.82 Å². The van der Waals surface area contributed by atoms with Gasteiger partial charge >= 0.3 is 5.97 Å². The third-order valence-corrected chi connectivity index (χ3v) is 3.57. The summed E-state index contributed by atoms with van der Waals surface area (Å²) in [6.07, 6.45) is 1.80. The number of carbonyl (C=O) groups excluding carboxylic acids is 1. The maximum absolute atomic E-state index is 11.8. The molecule has 0 spiro atoms. The number of phenolic OH excluding ortho intramolecular Hbond substituents is 1. The van der Waals surface area contributed by atoms with Gasteiger partial charge in [0.1, 0.15) is 17.1 Å². The Morgan fingerprint density at radius 1 is 1.28 bits per heavy atom. The fraction of sp³-hybridized carbons (Fsp3) is 0.222. The van der Waals surface area contributed by atoms with E-state index in [1.54, 1.807) is 35.7 Å². The van der Waals surface area contributed by atoms with Gasteiger partial charge in [0.05, 0.1) is 18.7 Å². The fourth-order valence-electron chi connectivity index (χ4n) is 2.42. The van der Waals surface area contributed by atoms with Crippen LogP contribution < -0.4 is 0 Å². The molecule has 0 aliphatic carbocycles. The average Bonchev–Trinajstić information content (AvgIpc) is 2.93. The number of aryl methyl sites for hydroxylation is 1. The second-order valence-corrected chi connectivity index (χ2v) is 5.48. The number of ether oxygens (including phenoxy) is 1. The predicted octanol–water partition coefficient (Wildman–Crippen LogP) is 3.87. The van der Waals surface area contributed by atoms with Gasteiger partial charge in [0.25, 0.3) is 0 Å². The standard InChI is InChI=1S/C18H18N4O3/c1-3-25-17(24)11-14-18(22-9-5-4-6-16(22)19-14)21-20-13-10-12(2)7-8-15(13)23/h4-10,23H,3,11H2,1-2H3. The molecule has 3 aromatic rings. The zero-order valence-corrected chi connectivity index (χ0v) is 14.0. The van der Waals surface area contributed by atoms with Crippen LogP contribution in [0.2, 0.25) is 0 Å². The van der Waals surface area contributed by atoms with Crippen LogP contribution in [0, 0.1) is 6.92 Å². The van der Waals surface area contributed by atoms with E-state index in [9.17, 15) is 9.90 Å². The molecule has 1 N–H and O–H groups in total. The van der Waals surface area contributed by atoms with Crippen LogP contribution in [0.3, 0.4) is 0 Å². The summed E-state index contributed by atoms with van der Waals surface area (Å²) in [7, 11) is 0. The monoisotopic (exact) mass is 338 g/mol. The lowest BCUT2D eigenvalue weighted by Gasteiger charge is -2.01. The Bertz CT molecular complexity index is 947. The highest BCUT2D eigenvalue weighted by molar-refractivity contribution is 5.74. The highest BCUT2D eigenvalue weighted by atomic mass is 16.5. The van der Waals surface area contributed by atoms with Gasteiger partial charge in [0.2, 0.25) is 0 Å². The van der Waals surface area contributed by atoms with Gasteiger partial charge in [-0.2, -0.15) is 0 Å². The lowest BCUT2D eigenvalue weighted by Crippen LogP contribution is -2.07. The number of carbonyl (C=O) groups is 1. The summed E-state index contributed by atoms with van der Waals surface area (Å²) in [5.74, 6) is 0.0976. The van der Waals surface area contributed by atoms with Crippen molar-refractivity contribution in [2.45, 2.75) is 20.3 Å². The molecule has 2 aromatic heterocycles. The summed E-state index contributed by atoms with van der Waals surface area (Å²) in [4.78, 5) is 16.3. The lowest BCUT2D eigenvalue weighted by atomic mass is 10.2. The molecule has 0 aliphatic heterocycles.